The molecule has 1 heterocycles. The van der Waals surface area contributed by atoms with Crippen molar-refractivity contribution in [3.05, 3.63) is 29.8 Å². The fraction of sp³-hybridized carbons (Fsp3) is 0.417. The summed E-state index contributed by atoms with van der Waals surface area (Å²) in [5.74, 6) is -0.228. The molecular formula is C12H16O2Si. The summed E-state index contributed by atoms with van der Waals surface area (Å²) in [7, 11) is 0.257. The Bertz CT molecular complexity index is 383. The number of hydrogen-bond acceptors (Lipinski definition) is 2. The predicted molar refractivity (Wildman–Crippen MR) is 63.3 cm³/mol. The Labute approximate surface area is 91.3 Å². The number of methoxy groups -OCH3 is 1. The van der Waals surface area contributed by atoms with Crippen molar-refractivity contribution in [2.24, 2.45) is 0 Å². The number of ether oxygens (including phenoxy) is 1. The lowest BCUT2D eigenvalue weighted by Gasteiger charge is -2.36. The molecule has 0 spiro atoms. The van der Waals surface area contributed by atoms with Crippen molar-refractivity contribution in [3.63, 3.8) is 0 Å². The molecule has 0 aromatic heterocycles. The van der Waals surface area contributed by atoms with Gasteiger partial charge in [0.2, 0.25) is 0 Å². The first-order valence-electron chi connectivity index (χ1n) is 5.34. The van der Waals surface area contributed by atoms with Gasteiger partial charge in [0, 0.05) is 0 Å². The minimum atomic E-state index is -1.17. The fourth-order valence-electron chi connectivity index (χ4n) is 2.14. The predicted octanol–water partition coefficient (Wildman–Crippen LogP) is 2.16. The number of benzene rings is 1. The van der Waals surface area contributed by atoms with Crippen LogP contribution < -0.4 is 5.19 Å². The lowest BCUT2D eigenvalue weighted by Crippen LogP contribution is -2.50. The van der Waals surface area contributed by atoms with Crippen LogP contribution in [0.3, 0.4) is 0 Å². The summed E-state index contributed by atoms with van der Waals surface area (Å²) in [6, 6.07) is 10.7. The van der Waals surface area contributed by atoms with Gasteiger partial charge >= 0.3 is 5.97 Å². The molecule has 0 bridgehead atoms. The molecule has 1 aromatic rings. The maximum absolute atomic E-state index is 11.4. The first kappa shape index (κ1) is 10.4. The molecule has 3 heteroatoms. The highest BCUT2D eigenvalue weighted by molar-refractivity contribution is 6.92. The number of esters is 1. The quantitative estimate of drug-likeness (QED) is 0.564. The summed E-state index contributed by atoms with van der Waals surface area (Å²) < 4.78 is 4.73. The van der Waals surface area contributed by atoms with Gasteiger partial charge in [-0.05, 0) is 12.1 Å². The van der Waals surface area contributed by atoms with Crippen molar-refractivity contribution in [2.75, 3.05) is 7.11 Å². The van der Waals surface area contributed by atoms with Gasteiger partial charge in [-0.2, -0.15) is 0 Å². The van der Waals surface area contributed by atoms with Crippen molar-refractivity contribution in [2.45, 2.75) is 25.1 Å². The molecule has 0 saturated carbocycles. The fourth-order valence-corrected chi connectivity index (χ4v) is 5.13. The number of rotatable bonds is 2. The average molecular weight is 220 g/mol. The molecule has 1 fully saturated rings. The smallest absolute Gasteiger partial charge is 0.337 e. The Kier molecular flexibility index (Phi) is 2.65. The minimum absolute atomic E-state index is 0.228. The van der Waals surface area contributed by atoms with Gasteiger partial charge in [-0.15, -0.1) is 0 Å². The van der Waals surface area contributed by atoms with E-state index in [1.54, 1.807) is 0 Å². The highest BCUT2D eigenvalue weighted by Crippen LogP contribution is 2.31. The standard InChI is InChI=1S/C12H16O2Si/c1-14-12(13)10-5-3-6-11(9-10)15(2)7-4-8-15/h3,5-6,9H,4,7-8H2,1-2H3. The second-order valence-electron chi connectivity index (χ2n) is 4.49. The second-order valence-corrected chi connectivity index (χ2v) is 9.19. The normalized spacial score (nSPS) is 18.0. The van der Waals surface area contributed by atoms with E-state index in [0.717, 1.165) is 0 Å². The van der Waals surface area contributed by atoms with E-state index >= 15 is 0 Å². The molecule has 2 rings (SSSR count). The number of carbonyl (C=O) groups excluding carboxylic acids is 1. The summed E-state index contributed by atoms with van der Waals surface area (Å²) in [6.07, 6.45) is 1.35. The summed E-state index contributed by atoms with van der Waals surface area (Å²) in [6.45, 7) is 2.40. The Morgan fingerprint density at radius 3 is 2.67 bits per heavy atom. The van der Waals surface area contributed by atoms with Gasteiger partial charge in [-0.3, -0.25) is 0 Å². The maximum Gasteiger partial charge on any atom is 0.337 e. The topological polar surface area (TPSA) is 26.3 Å². The third kappa shape index (κ3) is 1.84. The maximum atomic E-state index is 11.4. The van der Waals surface area contributed by atoms with Crippen LogP contribution in [-0.4, -0.2) is 21.2 Å². The van der Waals surface area contributed by atoms with Crippen molar-refractivity contribution < 1.29 is 9.53 Å². The van der Waals surface area contributed by atoms with Crippen LogP contribution in [0.4, 0.5) is 0 Å². The minimum Gasteiger partial charge on any atom is -0.465 e. The molecule has 1 aliphatic heterocycles. The molecule has 0 amide bonds. The Morgan fingerprint density at radius 2 is 2.13 bits per heavy atom. The van der Waals surface area contributed by atoms with Crippen LogP contribution in [0.15, 0.2) is 24.3 Å². The third-order valence-electron chi connectivity index (χ3n) is 3.44. The van der Waals surface area contributed by atoms with Gasteiger partial charge in [0.1, 0.15) is 0 Å². The molecular weight excluding hydrogens is 204 g/mol. The van der Waals surface area contributed by atoms with Crippen molar-refractivity contribution >= 4 is 19.2 Å². The van der Waals surface area contributed by atoms with Crippen molar-refractivity contribution in [1.29, 1.82) is 0 Å². The molecule has 1 aliphatic rings. The van der Waals surface area contributed by atoms with E-state index in [-0.39, 0.29) is 5.97 Å². The van der Waals surface area contributed by atoms with Crippen LogP contribution in [0.2, 0.25) is 18.6 Å². The molecule has 15 heavy (non-hydrogen) atoms. The largest absolute Gasteiger partial charge is 0.465 e. The summed E-state index contributed by atoms with van der Waals surface area (Å²) in [5.41, 5.74) is 0.690. The lowest BCUT2D eigenvalue weighted by molar-refractivity contribution is 0.0601. The molecule has 1 saturated heterocycles. The van der Waals surface area contributed by atoms with Gasteiger partial charge in [-0.1, -0.05) is 42.4 Å². The number of hydrogen-bond donors (Lipinski definition) is 0. The van der Waals surface area contributed by atoms with Crippen LogP contribution in [0.5, 0.6) is 0 Å². The second kappa shape index (κ2) is 3.81. The summed E-state index contributed by atoms with van der Waals surface area (Å²) in [5, 5.41) is 1.40. The Balaban J connectivity index is 2.30. The van der Waals surface area contributed by atoms with Crippen LogP contribution in [-0.2, 0) is 4.74 Å². The molecule has 80 valence electrons. The first-order valence-corrected chi connectivity index (χ1v) is 8.26. The Hall–Kier alpha value is -1.09. The van der Waals surface area contributed by atoms with Gasteiger partial charge < -0.3 is 4.74 Å². The van der Waals surface area contributed by atoms with Crippen LogP contribution in [0.1, 0.15) is 16.8 Å². The van der Waals surface area contributed by atoms with E-state index in [2.05, 4.69) is 12.6 Å². The third-order valence-corrected chi connectivity index (χ3v) is 8.06. The zero-order valence-electron chi connectivity index (χ0n) is 9.25. The Morgan fingerprint density at radius 1 is 1.40 bits per heavy atom. The van der Waals surface area contributed by atoms with E-state index in [9.17, 15) is 4.79 Å². The number of carbonyl (C=O) groups is 1. The molecule has 0 aliphatic carbocycles. The highest BCUT2D eigenvalue weighted by Gasteiger charge is 2.36. The van der Waals surface area contributed by atoms with E-state index in [0.29, 0.717) is 5.56 Å². The van der Waals surface area contributed by atoms with Crippen molar-refractivity contribution in [3.8, 4) is 0 Å². The van der Waals surface area contributed by atoms with E-state index < -0.39 is 8.07 Å². The molecule has 0 unspecified atom stereocenters. The summed E-state index contributed by atoms with van der Waals surface area (Å²) >= 11 is 0. The molecule has 0 N–H and O–H groups in total. The van der Waals surface area contributed by atoms with Crippen molar-refractivity contribution in [1.82, 2.24) is 0 Å². The molecule has 1 aromatic carbocycles. The summed E-state index contributed by atoms with van der Waals surface area (Å²) in [4.78, 5) is 11.4. The van der Waals surface area contributed by atoms with Gasteiger partial charge in [0.25, 0.3) is 0 Å². The van der Waals surface area contributed by atoms with Crippen LogP contribution >= 0.6 is 0 Å². The van der Waals surface area contributed by atoms with Gasteiger partial charge in [-0.25, -0.2) is 4.79 Å². The molecule has 0 radical (unpaired) electrons. The van der Waals surface area contributed by atoms with Gasteiger partial charge in [0.05, 0.1) is 20.7 Å². The lowest BCUT2D eigenvalue weighted by atomic mass is 10.2. The monoisotopic (exact) mass is 220 g/mol. The van der Waals surface area contributed by atoms with Gasteiger partial charge in [0.15, 0.2) is 0 Å². The zero-order chi connectivity index (χ0) is 10.9. The molecule has 2 nitrogen and oxygen atoms in total. The molecule has 0 atom stereocenters. The van der Waals surface area contributed by atoms with E-state index in [1.807, 2.05) is 18.2 Å². The van der Waals surface area contributed by atoms with Crippen LogP contribution in [0.25, 0.3) is 0 Å². The van der Waals surface area contributed by atoms with E-state index in [1.165, 1.54) is 30.8 Å². The average Bonchev–Trinajstić information content (AvgIpc) is 2.25. The highest BCUT2D eigenvalue weighted by atomic mass is 28.3. The van der Waals surface area contributed by atoms with E-state index in [4.69, 9.17) is 4.74 Å². The first-order chi connectivity index (χ1) is 7.15. The SMILES string of the molecule is COC(=O)c1cccc([Si]2(C)CCC2)c1. The zero-order valence-corrected chi connectivity index (χ0v) is 10.2. The van der Waals surface area contributed by atoms with Crippen LogP contribution in [0, 0.1) is 0 Å².